The summed E-state index contributed by atoms with van der Waals surface area (Å²) in [5, 5.41) is 3.47. The van der Waals surface area contributed by atoms with Crippen molar-refractivity contribution in [1.82, 2.24) is 10.2 Å². The summed E-state index contributed by atoms with van der Waals surface area (Å²) in [7, 11) is 0. The van der Waals surface area contributed by atoms with Gasteiger partial charge in [0.05, 0.1) is 0 Å². The highest BCUT2D eigenvalue weighted by molar-refractivity contribution is 4.87. The van der Waals surface area contributed by atoms with E-state index in [1.807, 2.05) is 0 Å². The molecule has 0 aliphatic carbocycles. The second kappa shape index (κ2) is 4.97. The molecule has 1 N–H and O–H groups in total. The maximum absolute atomic E-state index is 3.47. The first kappa shape index (κ1) is 11.0. The molecular weight excluding hydrogens is 160 g/mol. The summed E-state index contributed by atoms with van der Waals surface area (Å²) in [5.74, 6) is 0.814. The first-order chi connectivity index (χ1) is 6.20. The second-order valence-electron chi connectivity index (χ2n) is 4.29. The Morgan fingerprint density at radius 1 is 1.38 bits per heavy atom. The second-order valence-corrected chi connectivity index (χ2v) is 4.29. The van der Waals surface area contributed by atoms with Gasteiger partial charge in [-0.1, -0.05) is 20.8 Å². The van der Waals surface area contributed by atoms with Gasteiger partial charge in [-0.15, -0.1) is 0 Å². The van der Waals surface area contributed by atoms with Gasteiger partial charge in [-0.2, -0.15) is 0 Å². The molecule has 3 unspecified atom stereocenters. The highest BCUT2D eigenvalue weighted by Crippen LogP contribution is 2.18. The Balaban J connectivity index is 2.54. The molecule has 1 rings (SSSR count). The number of hydrogen-bond donors (Lipinski definition) is 1. The van der Waals surface area contributed by atoms with Crippen LogP contribution in [0, 0.1) is 5.92 Å². The normalized spacial score (nSPS) is 31.2. The lowest BCUT2D eigenvalue weighted by molar-refractivity contribution is 0.133. The molecule has 0 aromatic heterocycles. The van der Waals surface area contributed by atoms with Crippen molar-refractivity contribution in [3.05, 3.63) is 0 Å². The van der Waals surface area contributed by atoms with Gasteiger partial charge in [-0.3, -0.25) is 4.90 Å². The minimum atomic E-state index is 0.734. The lowest BCUT2D eigenvalue weighted by Crippen LogP contribution is -2.45. The van der Waals surface area contributed by atoms with E-state index in [0.29, 0.717) is 0 Å². The highest BCUT2D eigenvalue weighted by atomic mass is 15.2. The van der Waals surface area contributed by atoms with E-state index in [-0.39, 0.29) is 0 Å². The molecule has 0 bridgehead atoms. The molecule has 78 valence electrons. The van der Waals surface area contributed by atoms with Crippen LogP contribution in [0.4, 0.5) is 0 Å². The van der Waals surface area contributed by atoms with Crippen molar-refractivity contribution in [2.75, 3.05) is 19.6 Å². The quantitative estimate of drug-likeness (QED) is 0.715. The van der Waals surface area contributed by atoms with Crippen LogP contribution in [0.3, 0.4) is 0 Å². The van der Waals surface area contributed by atoms with Gasteiger partial charge in [0, 0.05) is 18.6 Å². The van der Waals surface area contributed by atoms with Crippen molar-refractivity contribution in [3.8, 4) is 0 Å². The zero-order chi connectivity index (χ0) is 9.84. The Labute approximate surface area is 82.7 Å². The minimum absolute atomic E-state index is 0.734. The van der Waals surface area contributed by atoms with E-state index in [2.05, 4.69) is 37.9 Å². The Morgan fingerprint density at radius 2 is 2.08 bits per heavy atom. The van der Waals surface area contributed by atoms with Crippen LogP contribution in [0.1, 0.15) is 34.1 Å². The van der Waals surface area contributed by atoms with Crippen LogP contribution in [0.25, 0.3) is 0 Å². The molecular formula is C11H24N2. The van der Waals surface area contributed by atoms with E-state index in [1.165, 1.54) is 26.1 Å². The van der Waals surface area contributed by atoms with Crippen LogP contribution in [0.5, 0.6) is 0 Å². The maximum atomic E-state index is 3.47. The number of nitrogens with zero attached hydrogens (tertiary/aromatic N) is 1. The van der Waals surface area contributed by atoms with Gasteiger partial charge in [-0.05, 0) is 32.4 Å². The summed E-state index contributed by atoms with van der Waals surface area (Å²) < 4.78 is 0. The molecule has 2 heteroatoms. The highest BCUT2D eigenvalue weighted by Gasteiger charge is 2.29. The van der Waals surface area contributed by atoms with E-state index in [4.69, 9.17) is 0 Å². The van der Waals surface area contributed by atoms with Crippen molar-refractivity contribution < 1.29 is 0 Å². The molecule has 1 fully saturated rings. The number of likely N-dealkylation sites (N-methyl/N-ethyl adjacent to an activating group) is 1. The van der Waals surface area contributed by atoms with Crippen LogP contribution >= 0.6 is 0 Å². The summed E-state index contributed by atoms with van der Waals surface area (Å²) in [6, 6.07) is 1.50. The standard InChI is InChI=1S/C11H24N2/c1-5-10(4)13(6-2)11-8-12-7-9(11)3/h9-12H,5-8H2,1-4H3. The first-order valence-electron chi connectivity index (χ1n) is 5.67. The Hall–Kier alpha value is -0.0800. The molecule has 0 radical (unpaired) electrons. The summed E-state index contributed by atoms with van der Waals surface area (Å²) in [6.45, 7) is 12.8. The topological polar surface area (TPSA) is 15.3 Å². The van der Waals surface area contributed by atoms with Crippen molar-refractivity contribution in [1.29, 1.82) is 0 Å². The average molecular weight is 184 g/mol. The molecule has 0 aromatic rings. The summed E-state index contributed by atoms with van der Waals surface area (Å²) in [4.78, 5) is 2.64. The van der Waals surface area contributed by atoms with Gasteiger partial charge < -0.3 is 5.32 Å². The Kier molecular flexibility index (Phi) is 4.20. The Morgan fingerprint density at radius 3 is 2.46 bits per heavy atom. The van der Waals surface area contributed by atoms with E-state index >= 15 is 0 Å². The van der Waals surface area contributed by atoms with E-state index in [9.17, 15) is 0 Å². The van der Waals surface area contributed by atoms with Gasteiger partial charge in [0.25, 0.3) is 0 Å². The average Bonchev–Trinajstić information content (AvgIpc) is 2.53. The molecule has 0 spiro atoms. The minimum Gasteiger partial charge on any atom is -0.315 e. The molecule has 0 saturated carbocycles. The molecule has 1 aliphatic heterocycles. The van der Waals surface area contributed by atoms with Gasteiger partial charge >= 0.3 is 0 Å². The summed E-state index contributed by atoms with van der Waals surface area (Å²) in [6.07, 6.45) is 1.26. The monoisotopic (exact) mass is 184 g/mol. The van der Waals surface area contributed by atoms with Crippen LogP contribution < -0.4 is 5.32 Å². The van der Waals surface area contributed by atoms with Gasteiger partial charge in [0.15, 0.2) is 0 Å². The number of hydrogen-bond acceptors (Lipinski definition) is 2. The molecule has 1 heterocycles. The molecule has 13 heavy (non-hydrogen) atoms. The fourth-order valence-electron chi connectivity index (χ4n) is 2.35. The lowest BCUT2D eigenvalue weighted by atomic mass is 10.0. The predicted molar refractivity (Wildman–Crippen MR) is 58.0 cm³/mol. The zero-order valence-corrected chi connectivity index (χ0v) is 9.51. The smallest absolute Gasteiger partial charge is 0.0261 e. The predicted octanol–water partition coefficient (Wildman–Crippen LogP) is 1.71. The van der Waals surface area contributed by atoms with Gasteiger partial charge in [0.2, 0.25) is 0 Å². The van der Waals surface area contributed by atoms with Crippen molar-refractivity contribution in [3.63, 3.8) is 0 Å². The van der Waals surface area contributed by atoms with E-state index < -0.39 is 0 Å². The number of rotatable bonds is 4. The zero-order valence-electron chi connectivity index (χ0n) is 9.51. The van der Waals surface area contributed by atoms with E-state index in [0.717, 1.165) is 18.0 Å². The summed E-state index contributed by atoms with van der Waals surface area (Å²) >= 11 is 0. The molecule has 3 atom stereocenters. The fourth-order valence-corrected chi connectivity index (χ4v) is 2.35. The van der Waals surface area contributed by atoms with Crippen LogP contribution in [-0.2, 0) is 0 Å². The van der Waals surface area contributed by atoms with Gasteiger partial charge in [0.1, 0.15) is 0 Å². The maximum Gasteiger partial charge on any atom is 0.0261 e. The van der Waals surface area contributed by atoms with E-state index in [1.54, 1.807) is 0 Å². The van der Waals surface area contributed by atoms with Gasteiger partial charge in [-0.25, -0.2) is 0 Å². The third-order valence-electron chi connectivity index (χ3n) is 3.42. The van der Waals surface area contributed by atoms with Crippen molar-refractivity contribution in [2.45, 2.75) is 46.2 Å². The molecule has 0 amide bonds. The third-order valence-corrected chi connectivity index (χ3v) is 3.42. The first-order valence-corrected chi connectivity index (χ1v) is 5.67. The third kappa shape index (κ3) is 2.44. The number of nitrogens with one attached hydrogen (secondary N) is 1. The molecule has 2 nitrogen and oxygen atoms in total. The Bertz CT molecular complexity index is 147. The molecule has 0 aromatic carbocycles. The lowest BCUT2D eigenvalue weighted by Gasteiger charge is -2.34. The van der Waals surface area contributed by atoms with Crippen LogP contribution in [0.2, 0.25) is 0 Å². The van der Waals surface area contributed by atoms with Crippen LogP contribution in [-0.4, -0.2) is 36.6 Å². The van der Waals surface area contributed by atoms with Crippen molar-refractivity contribution >= 4 is 0 Å². The van der Waals surface area contributed by atoms with Crippen LogP contribution in [0.15, 0.2) is 0 Å². The van der Waals surface area contributed by atoms with Crippen molar-refractivity contribution in [2.24, 2.45) is 5.92 Å². The SMILES string of the molecule is CCC(C)N(CC)C1CNCC1C. The fraction of sp³-hybridized carbons (Fsp3) is 1.00. The summed E-state index contributed by atoms with van der Waals surface area (Å²) in [5.41, 5.74) is 0. The largest absolute Gasteiger partial charge is 0.315 e. The molecule has 1 saturated heterocycles. The molecule has 1 aliphatic rings.